The second kappa shape index (κ2) is 5.94. The summed E-state index contributed by atoms with van der Waals surface area (Å²) in [6.07, 6.45) is -2.15. The van der Waals surface area contributed by atoms with E-state index in [0.717, 1.165) is 6.07 Å². The van der Waals surface area contributed by atoms with Crippen LogP contribution in [0.5, 0.6) is 0 Å². The van der Waals surface area contributed by atoms with E-state index in [1.165, 1.54) is 12.1 Å². The maximum absolute atomic E-state index is 13.0. The van der Waals surface area contributed by atoms with E-state index in [2.05, 4.69) is 15.9 Å². The van der Waals surface area contributed by atoms with Crippen LogP contribution >= 0.6 is 15.9 Å². The van der Waals surface area contributed by atoms with Crippen LogP contribution in [0.2, 0.25) is 0 Å². The first kappa shape index (κ1) is 13.1. The van der Waals surface area contributed by atoms with Gasteiger partial charge in [0.2, 0.25) is 0 Å². The molecular weight excluding hydrogens is 277 g/mol. The number of benzene rings is 1. The van der Waals surface area contributed by atoms with Gasteiger partial charge in [-0.2, -0.15) is 5.26 Å². The maximum atomic E-state index is 13.0. The summed E-state index contributed by atoms with van der Waals surface area (Å²) in [5.41, 5.74) is 0.782. The Balaban J connectivity index is 3.09. The number of alkyl halides is 1. The molecule has 1 rings (SSSR count). The number of nitrogens with zero attached hydrogens (tertiary/aromatic N) is 1. The first-order valence-corrected chi connectivity index (χ1v) is 5.79. The quantitative estimate of drug-likeness (QED) is 0.828. The smallest absolute Gasteiger partial charge is 0.123 e. The van der Waals surface area contributed by atoms with Crippen LogP contribution in [-0.4, -0.2) is 21.6 Å². The zero-order valence-corrected chi connectivity index (χ0v) is 9.98. The lowest BCUT2D eigenvalue weighted by atomic mass is 9.97. The molecule has 16 heavy (non-hydrogen) atoms. The van der Waals surface area contributed by atoms with Gasteiger partial charge in [0.15, 0.2) is 0 Å². The average Bonchev–Trinajstić information content (AvgIpc) is 2.29. The molecule has 0 saturated carbocycles. The summed E-state index contributed by atoms with van der Waals surface area (Å²) < 4.78 is 13.0. The van der Waals surface area contributed by atoms with Crippen molar-refractivity contribution in [2.75, 3.05) is 5.33 Å². The molecule has 86 valence electrons. The minimum atomic E-state index is -1.20. The summed E-state index contributed by atoms with van der Waals surface area (Å²) in [7, 11) is 0. The molecule has 2 atom stereocenters. The molecule has 0 bridgehead atoms. The highest BCUT2D eigenvalue weighted by Crippen LogP contribution is 2.23. The van der Waals surface area contributed by atoms with Crippen molar-refractivity contribution in [1.29, 1.82) is 5.26 Å². The third kappa shape index (κ3) is 3.01. The minimum Gasteiger partial charge on any atom is -0.389 e. The SMILES string of the molecule is N#CCc1ccc(F)cc1C(O)C(O)CBr. The van der Waals surface area contributed by atoms with E-state index in [4.69, 9.17) is 5.26 Å². The van der Waals surface area contributed by atoms with Gasteiger partial charge in [-0.15, -0.1) is 0 Å². The topological polar surface area (TPSA) is 64.2 Å². The second-order valence-electron chi connectivity index (χ2n) is 3.34. The summed E-state index contributed by atoms with van der Waals surface area (Å²) in [6.45, 7) is 0. The molecule has 0 aliphatic carbocycles. The molecule has 0 radical (unpaired) electrons. The Morgan fingerprint density at radius 1 is 1.44 bits per heavy atom. The molecule has 2 N–H and O–H groups in total. The van der Waals surface area contributed by atoms with Crippen LogP contribution < -0.4 is 0 Å². The van der Waals surface area contributed by atoms with Gasteiger partial charge in [0.25, 0.3) is 0 Å². The van der Waals surface area contributed by atoms with E-state index < -0.39 is 18.0 Å². The van der Waals surface area contributed by atoms with Crippen LogP contribution in [0.1, 0.15) is 17.2 Å². The van der Waals surface area contributed by atoms with Crippen LogP contribution in [0, 0.1) is 17.1 Å². The molecular formula is C11H11BrFNO2. The van der Waals surface area contributed by atoms with Crippen LogP contribution in [-0.2, 0) is 6.42 Å². The monoisotopic (exact) mass is 287 g/mol. The number of aliphatic hydroxyl groups is 2. The van der Waals surface area contributed by atoms with E-state index in [1.54, 1.807) is 0 Å². The van der Waals surface area contributed by atoms with Crippen LogP contribution in [0.4, 0.5) is 4.39 Å². The van der Waals surface area contributed by atoms with Crippen molar-refractivity contribution in [3.8, 4) is 6.07 Å². The van der Waals surface area contributed by atoms with Crippen LogP contribution in [0.15, 0.2) is 18.2 Å². The first-order chi connectivity index (χ1) is 7.60. The van der Waals surface area contributed by atoms with Gasteiger partial charge in [0.05, 0.1) is 18.6 Å². The highest BCUT2D eigenvalue weighted by atomic mass is 79.9. The second-order valence-corrected chi connectivity index (χ2v) is 3.99. The van der Waals surface area contributed by atoms with Gasteiger partial charge in [-0.3, -0.25) is 0 Å². The van der Waals surface area contributed by atoms with Gasteiger partial charge in [-0.1, -0.05) is 22.0 Å². The van der Waals surface area contributed by atoms with Crippen molar-refractivity contribution in [2.45, 2.75) is 18.6 Å². The van der Waals surface area contributed by atoms with E-state index in [1.807, 2.05) is 6.07 Å². The maximum Gasteiger partial charge on any atom is 0.123 e. The molecule has 2 unspecified atom stereocenters. The Kier molecular flexibility index (Phi) is 4.87. The third-order valence-electron chi connectivity index (χ3n) is 2.22. The molecule has 0 saturated heterocycles. The minimum absolute atomic E-state index is 0.0711. The van der Waals surface area contributed by atoms with E-state index in [-0.39, 0.29) is 17.3 Å². The van der Waals surface area contributed by atoms with Gasteiger partial charge < -0.3 is 10.2 Å². The Hall–Kier alpha value is -0.960. The normalized spacial score (nSPS) is 14.2. The van der Waals surface area contributed by atoms with Crippen molar-refractivity contribution in [3.05, 3.63) is 35.1 Å². The van der Waals surface area contributed by atoms with Crippen molar-refractivity contribution < 1.29 is 14.6 Å². The molecule has 0 amide bonds. The molecule has 0 heterocycles. The summed E-state index contributed by atoms with van der Waals surface area (Å²) in [6, 6.07) is 5.74. The molecule has 0 fully saturated rings. The van der Waals surface area contributed by atoms with Gasteiger partial charge in [-0.25, -0.2) is 4.39 Å². The largest absolute Gasteiger partial charge is 0.389 e. The molecule has 3 nitrogen and oxygen atoms in total. The highest BCUT2D eigenvalue weighted by molar-refractivity contribution is 9.09. The first-order valence-electron chi connectivity index (χ1n) is 4.67. The van der Waals surface area contributed by atoms with E-state index in [0.29, 0.717) is 5.56 Å². The number of halogens is 2. The lowest BCUT2D eigenvalue weighted by Gasteiger charge is -2.18. The van der Waals surface area contributed by atoms with Gasteiger partial charge in [0, 0.05) is 5.33 Å². The zero-order chi connectivity index (χ0) is 12.1. The molecule has 1 aromatic carbocycles. The molecule has 0 aromatic heterocycles. The van der Waals surface area contributed by atoms with Crippen LogP contribution in [0.3, 0.4) is 0 Å². The molecule has 5 heteroatoms. The van der Waals surface area contributed by atoms with E-state index >= 15 is 0 Å². The number of aliphatic hydroxyl groups excluding tert-OH is 2. The number of rotatable bonds is 4. The Morgan fingerprint density at radius 2 is 2.12 bits per heavy atom. The highest BCUT2D eigenvalue weighted by Gasteiger charge is 2.20. The fourth-order valence-electron chi connectivity index (χ4n) is 1.38. The Labute approximate surface area is 101 Å². The fraction of sp³-hybridized carbons (Fsp3) is 0.364. The standard InChI is InChI=1S/C11H11BrFNO2/c12-6-10(15)11(16)9-5-8(13)2-1-7(9)3-4-14/h1-2,5,10-11,15-16H,3,6H2. The van der Waals surface area contributed by atoms with Crippen molar-refractivity contribution in [1.82, 2.24) is 0 Å². The predicted molar refractivity (Wildman–Crippen MR) is 60.5 cm³/mol. The molecule has 0 aliphatic heterocycles. The summed E-state index contributed by atoms with van der Waals surface area (Å²) >= 11 is 3.03. The number of hydrogen-bond acceptors (Lipinski definition) is 3. The summed E-state index contributed by atoms with van der Waals surface area (Å²) in [4.78, 5) is 0. The van der Waals surface area contributed by atoms with E-state index in [9.17, 15) is 14.6 Å². The third-order valence-corrected chi connectivity index (χ3v) is 2.88. The Bertz CT molecular complexity index is 405. The van der Waals surface area contributed by atoms with Crippen molar-refractivity contribution in [2.24, 2.45) is 0 Å². The van der Waals surface area contributed by atoms with Gasteiger partial charge >= 0.3 is 0 Å². The molecule has 0 aliphatic rings. The van der Waals surface area contributed by atoms with Crippen LogP contribution in [0.25, 0.3) is 0 Å². The Morgan fingerprint density at radius 3 is 2.69 bits per heavy atom. The summed E-state index contributed by atoms with van der Waals surface area (Å²) in [5.74, 6) is -0.502. The molecule has 1 aromatic rings. The summed E-state index contributed by atoms with van der Waals surface area (Å²) in [5, 5.41) is 28.0. The molecule has 0 spiro atoms. The van der Waals surface area contributed by atoms with Crippen molar-refractivity contribution >= 4 is 15.9 Å². The fourth-order valence-corrected chi connectivity index (χ4v) is 1.73. The predicted octanol–water partition coefficient (Wildman–Crippen LogP) is 1.68. The number of hydrogen-bond donors (Lipinski definition) is 2. The number of nitriles is 1. The van der Waals surface area contributed by atoms with Gasteiger partial charge in [0.1, 0.15) is 11.9 Å². The average molecular weight is 288 g/mol. The lowest BCUT2D eigenvalue weighted by molar-refractivity contribution is 0.0336. The zero-order valence-electron chi connectivity index (χ0n) is 8.40. The van der Waals surface area contributed by atoms with Gasteiger partial charge in [-0.05, 0) is 23.3 Å². The lowest BCUT2D eigenvalue weighted by Crippen LogP contribution is -2.20. The van der Waals surface area contributed by atoms with Crippen molar-refractivity contribution in [3.63, 3.8) is 0 Å².